The normalized spacial score (nSPS) is 11.6. The van der Waals surface area contributed by atoms with Crippen LogP contribution in [0.1, 0.15) is 10.7 Å². The number of likely N-dealkylation sites (N-methyl/N-ethyl adjacent to an activating group) is 1. The Morgan fingerprint density at radius 2 is 1.89 bits per heavy atom. The molecule has 0 aliphatic carbocycles. The molecule has 0 radical (unpaired) electrons. The molecule has 0 fully saturated rings. The molecule has 0 saturated carbocycles. The van der Waals surface area contributed by atoms with Crippen molar-refractivity contribution < 1.29 is 22.6 Å². The molecule has 2 rings (SSSR count). The monoisotopic (exact) mass is 530 g/mol. The molecule has 28 heavy (non-hydrogen) atoms. The zero-order chi connectivity index (χ0) is 19.9. The Labute approximate surface area is 182 Å². The number of guanidine groups is 1. The summed E-state index contributed by atoms with van der Waals surface area (Å²) in [6.07, 6.45) is -4.42. The third kappa shape index (κ3) is 7.34. The van der Waals surface area contributed by atoms with Gasteiger partial charge >= 0.3 is 6.18 Å². The molecule has 1 aromatic carbocycles. The van der Waals surface area contributed by atoms with Crippen LogP contribution in [0.15, 0.2) is 34.6 Å². The minimum Gasteiger partial charge on any atom is -0.497 e. The lowest BCUT2D eigenvalue weighted by Crippen LogP contribution is -2.40. The Balaban J connectivity index is 0.00000392. The molecule has 156 valence electrons. The maximum atomic E-state index is 12.6. The second kappa shape index (κ2) is 11.3. The second-order valence-corrected chi connectivity index (χ2v) is 6.41. The first-order chi connectivity index (χ1) is 12.8. The predicted octanol–water partition coefficient (Wildman–Crippen LogP) is 3.87. The largest absolute Gasteiger partial charge is 0.497 e. The van der Waals surface area contributed by atoms with E-state index in [9.17, 15) is 13.2 Å². The van der Waals surface area contributed by atoms with Crippen LogP contribution in [-0.2, 0) is 12.7 Å². The van der Waals surface area contributed by atoms with Gasteiger partial charge in [0, 0.05) is 19.5 Å². The number of benzene rings is 1. The van der Waals surface area contributed by atoms with E-state index in [4.69, 9.17) is 9.47 Å². The van der Waals surface area contributed by atoms with Crippen molar-refractivity contribution in [1.29, 1.82) is 0 Å². The fraction of sp³-hybridized carbons (Fsp3) is 0.412. The van der Waals surface area contributed by atoms with E-state index in [0.29, 0.717) is 24.1 Å². The summed E-state index contributed by atoms with van der Waals surface area (Å²) in [7, 11) is 5.01. The molecule has 1 aromatic heterocycles. The maximum Gasteiger partial charge on any atom is 0.434 e. The number of alkyl halides is 3. The third-order valence-electron chi connectivity index (χ3n) is 3.57. The van der Waals surface area contributed by atoms with E-state index in [2.05, 4.69) is 15.3 Å². The maximum absolute atomic E-state index is 12.6. The number of halogens is 4. The molecule has 0 amide bonds. The van der Waals surface area contributed by atoms with E-state index in [1.165, 1.54) is 0 Å². The molecule has 0 aliphatic rings. The number of hydrogen-bond acceptors (Lipinski definition) is 5. The summed E-state index contributed by atoms with van der Waals surface area (Å²) >= 11 is 0.957. The van der Waals surface area contributed by atoms with Crippen LogP contribution in [0.4, 0.5) is 13.2 Å². The number of methoxy groups -OCH3 is 1. The number of aliphatic imine (C=N–C) groups is 1. The van der Waals surface area contributed by atoms with Gasteiger partial charge in [-0.3, -0.25) is 4.99 Å². The molecule has 11 heteroatoms. The summed E-state index contributed by atoms with van der Waals surface area (Å²) in [5.74, 6) is 2.01. The van der Waals surface area contributed by atoms with Gasteiger partial charge in [0.15, 0.2) is 11.7 Å². The van der Waals surface area contributed by atoms with Crippen molar-refractivity contribution in [3.8, 4) is 11.5 Å². The van der Waals surface area contributed by atoms with Crippen molar-refractivity contribution in [2.75, 3.05) is 34.4 Å². The van der Waals surface area contributed by atoms with Crippen LogP contribution in [-0.4, -0.2) is 50.2 Å². The van der Waals surface area contributed by atoms with Crippen LogP contribution >= 0.6 is 35.3 Å². The lowest BCUT2D eigenvalue weighted by molar-refractivity contribution is -0.140. The number of rotatable bonds is 7. The zero-order valence-electron chi connectivity index (χ0n) is 15.6. The summed E-state index contributed by atoms with van der Waals surface area (Å²) in [5, 5.41) is 4.34. The third-order valence-corrected chi connectivity index (χ3v) is 4.42. The molecule has 2 aromatic rings. The van der Waals surface area contributed by atoms with Gasteiger partial charge < -0.3 is 19.7 Å². The number of hydrogen-bond donors (Lipinski definition) is 1. The highest BCUT2D eigenvalue weighted by Crippen LogP contribution is 2.29. The molecule has 0 aliphatic heterocycles. The topological polar surface area (TPSA) is 59.0 Å². The number of nitrogens with one attached hydrogen (secondary N) is 1. The molecular formula is C17H22F3IN4O2S. The lowest BCUT2D eigenvalue weighted by atomic mass is 10.3. The molecule has 0 unspecified atom stereocenters. The predicted molar refractivity (Wildman–Crippen MR) is 114 cm³/mol. The number of thiazole rings is 1. The van der Waals surface area contributed by atoms with E-state index in [-0.39, 0.29) is 30.5 Å². The van der Waals surface area contributed by atoms with Gasteiger partial charge in [0.1, 0.15) is 23.1 Å². The van der Waals surface area contributed by atoms with Crippen molar-refractivity contribution in [2.45, 2.75) is 12.7 Å². The fourth-order valence-electron chi connectivity index (χ4n) is 2.14. The van der Waals surface area contributed by atoms with Gasteiger partial charge in [-0.05, 0) is 24.3 Å². The van der Waals surface area contributed by atoms with E-state index in [1.807, 2.05) is 36.2 Å². The van der Waals surface area contributed by atoms with Gasteiger partial charge in [0.05, 0.1) is 20.2 Å². The van der Waals surface area contributed by atoms with Crippen LogP contribution in [0, 0.1) is 0 Å². The highest BCUT2D eigenvalue weighted by atomic mass is 127. The average molecular weight is 530 g/mol. The van der Waals surface area contributed by atoms with E-state index < -0.39 is 11.9 Å². The van der Waals surface area contributed by atoms with Gasteiger partial charge in [-0.2, -0.15) is 13.2 Å². The number of nitrogens with zero attached hydrogens (tertiary/aromatic N) is 3. The second-order valence-electron chi connectivity index (χ2n) is 5.47. The molecule has 1 N–H and O–H groups in total. The molecular weight excluding hydrogens is 508 g/mol. The van der Waals surface area contributed by atoms with Crippen molar-refractivity contribution in [1.82, 2.24) is 15.2 Å². The van der Waals surface area contributed by atoms with Crippen molar-refractivity contribution >= 4 is 41.3 Å². The summed E-state index contributed by atoms with van der Waals surface area (Å²) < 4.78 is 48.5. The Hall–Kier alpha value is -1.76. The molecule has 0 saturated heterocycles. The van der Waals surface area contributed by atoms with Crippen molar-refractivity contribution in [2.24, 2.45) is 4.99 Å². The average Bonchev–Trinajstić information content (AvgIpc) is 3.12. The molecule has 6 nitrogen and oxygen atoms in total. The standard InChI is InChI=1S/C17H21F3N4O2S.HI/c1-21-16(22-10-15-23-14(11-27-15)17(18,19)20)24(2)8-9-26-13-6-4-12(25-3)5-7-13;/h4-7,11H,8-10H2,1-3H3,(H,21,22);1H. The van der Waals surface area contributed by atoms with Crippen LogP contribution in [0.3, 0.4) is 0 Å². The minimum atomic E-state index is -4.42. The molecule has 0 atom stereocenters. The molecule has 1 heterocycles. The smallest absolute Gasteiger partial charge is 0.434 e. The van der Waals surface area contributed by atoms with Crippen LogP contribution in [0.5, 0.6) is 11.5 Å². The van der Waals surface area contributed by atoms with E-state index in [0.717, 1.165) is 28.2 Å². The van der Waals surface area contributed by atoms with Crippen LogP contribution in [0.2, 0.25) is 0 Å². The lowest BCUT2D eigenvalue weighted by Gasteiger charge is -2.21. The highest BCUT2D eigenvalue weighted by molar-refractivity contribution is 14.0. The summed E-state index contributed by atoms with van der Waals surface area (Å²) in [4.78, 5) is 9.53. The summed E-state index contributed by atoms with van der Waals surface area (Å²) in [6.45, 7) is 1.12. The Morgan fingerprint density at radius 3 is 2.43 bits per heavy atom. The minimum absolute atomic E-state index is 0. The van der Waals surface area contributed by atoms with Gasteiger partial charge in [0.2, 0.25) is 0 Å². The van der Waals surface area contributed by atoms with Crippen LogP contribution < -0.4 is 14.8 Å². The number of ether oxygens (including phenoxy) is 2. The Kier molecular flexibility index (Phi) is 9.79. The summed E-state index contributed by atoms with van der Waals surface area (Å²) in [6, 6.07) is 7.24. The van der Waals surface area contributed by atoms with Crippen molar-refractivity contribution in [3.05, 3.63) is 40.3 Å². The highest BCUT2D eigenvalue weighted by Gasteiger charge is 2.33. The first kappa shape index (κ1) is 24.3. The van der Waals surface area contributed by atoms with Gasteiger partial charge in [-0.1, -0.05) is 0 Å². The van der Waals surface area contributed by atoms with E-state index in [1.54, 1.807) is 14.2 Å². The molecule has 0 bridgehead atoms. The Bertz CT molecular complexity index is 754. The zero-order valence-corrected chi connectivity index (χ0v) is 18.8. The SMILES string of the molecule is CN=C(NCc1nc(C(F)(F)F)cs1)N(C)CCOc1ccc(OC)cc1.I. The first-order valence-corrected chi connectivity index (χ1v) is 8.91. The van der Waals surface area contributed by atoms with Gasteiger partial charge in [0.25, 0.3) is 0 Å². The van der Waals surface area contributed by atoms with Crippen molar-refractivity contribution in [3.63, 3.8) is 0 Å². The van der Waals surface area contributed by atoms with Crippen LogP contribution in [0.25, 0.3) is 0 Å². The Morgan fingerprint density at radius 1 is 1.25 bits per heavy atom. The number of aromatic nitrogens is 1. The molecule has 0 spiro atoms. The summed E-state index contributed by atoms with van der Waals surface area (Å²) in [5.41, 5.74) is -0.875. The quantitative estimate of drug-likeness (QED) is 0.335. The van der Waals surface area contributed by atoms with Gasteiger partial charge in [-0.15, -0.1) is 35.3 Å². The van der Waals surface area contributed by atoms with E-state index >= 15 is 0 Å². The fourth-order valence-corrected chi connectivity index (χ4v) is 2.88. The first-order valence-electron chi connectivity index (χ1n) is 8.03. The van der Waals surface area contributed by atoms with Gasteiger partial charge in [-0.25, -0.2) is 4.98 Å².